The van der Waals surface area contributed by atoms with Crippen molar-refractivity contribution in [1.29, 1.82) is 5.26 Å². The first-order valence-corrected chi connectivity index (χ1v) is 19.5. The maximum atomic E-state index is 14.8. The number of thioether (sulfide) groups is 1. The summed E-state index contributed by atoms with van der Waals surface area (Å²) in [7, 11) is 1.53. The van der Waals surface area contributed by atoms with Crippen LogP contribution in [0.5, 0.6) is 34.5 Å². The Morgan fingerprint density at radius 1 is 1.11 bits per heavy atom. The highest BCUT2D eigenvalue weighted by atomic mass is 32.2. The molecule has 2 fully saturated rings. The molecule has 8 heterocycles. The van der Waals surface area contributed by atoms with Crippen molar-refractivity contribution in [1.82, 2.24) is 20.5 Å². The van der Waals surface area contributed by atoms with E-state index >= 15 is 0 Å². The van der Waals surface area contributed by atoms with Crippen LogP contribution in [0.3, 0.4) is 0 Å². The van der Waals surface area contributed by atoms with Crippen LogP contribution < -0.4 is 29.6 Å². The van der Waals surface area contributed by atoms with Gasteiger partial charge in [0, 0.05) is 64.5 Å². The molecule has 3 aromatic carbocycles. The number of ether oxygens (including phenoxy) is 5. The zero-order chi connectivity index (χ0) is 38.1. The standard InChI is InChI=1S/C40H39N5O9S/c1-16-9-19-10-24-25(12-41)45-26-13-51-39(49)40(38-21(7-8-42-40)22-11-20(47)5-6-23(22)44-38)14-55-37(31(45)30(43-24)27(19)32(48)33(16)50-4)29-28(26)36-35(52-15-53-36)17(2)34(29)54-18(3)46/h5-6,9,11,24-26,30-31,37,42-44,47-48H,7-8,10,13-15H2,1-4H3/t24?,25-,26-,30+,31?,37+,40+/m0/s1. The summed E-state index contributed by atoms with van der Waals surface area (Å²) in [5.74, 6) is 0.971. The summed E-state index contributed by atoms with van der Waals surface area (Å²) in [4.78, 5) is 33.3. The van der Waals surface area contributed by atoms with Crippen molar-refractivity contribution in [3.8, 4) is 40.6 Å². The quantitative estimate of drug-likeness (QED) is 0.145. The van der Waals surface area contributed by atoms with Crippen LogP contribution in [0, 0.1) is 25.2 Å². The largest absolute Gasteiger partial charge is 0.508 e. The monoisotopic (exact) mass is 765 g/mol. The predicted octanol–water partition coefficient (Wildman–Crippen LogP) is 4.12. The Balaban J connectivity index is 1.24. The average Bonchev–Trinajstić information content (AvgIpc) is 3.80. The minimum atomic E-state index is -1.32. The number of aromatic amines is 1. The van der Waals surface area contributed by atoms with E-state index in [1.807, 2.05) is 19.9 Å². The summed E-state index contributed by atoms with van der Waals surface area (Å²) in [6.45, 7) is 5.34. The lowest BCUT2D eigenvalue weighted by molar-refractivity contribution is -0.155. The molecule has 1 aromatic heterocycles. The molecule has 55 heavy (non-hydrogen) atoms. The molecule has 7 aliphatic rings. The van der Waals surface area contributed by atoms with Crippen LogP contribution in [0.25, 0.3) is 10.9 Å². The van der Waals surface area contributed by atoms with E-state index in [0.717, 1.165) is 27.6 Å². The van der Waals surface area contributed by atoms with E-state index in [2.05, 4.69) is 26.6 Å². The number of piperazine rings is 1. The van der Waals surface area contributed by atoms with E-state index in [0.29, 0.717) is 70.3 Å². The molecule has 14 nitrogen and oxygen atoms in total. The third kappa shape index (κ3) is 4.65. The summed E-state index contributed by atoms with van der Waals surface area (Å²) >= 11 is 1.49. The fourth-order valence-electron chi connectivity index (χ4n) is 10.2. The smallest absolute Gasteiger partial charge is 0.333 e. The van der Waals surface area contributed by atoms with E-state index in [9.17, 15) is 25.1 Å². The number of aryl methyl sites for hydroxylation is 1. The van der Waals surface area contributed by atoms with Crippen molar-refractivity contribution >= 4 is 34.6 Å². The molecule has 4 bridgehead atoms. The zero-order valence-corrected chi connectivity index (χ0v) is 31.4. The lowest BCUT2D eigenvalue weighted by Crippen LogP contribution is -2.69. The molecule has 7 atom stereocenters. The number of esters is 2. The number of nitrogens with zero attached hydrogens (tertiary/aromatic N) is 2. The summed E-state index contributed by atoms with van der Waals surface area (Å²) in [5.41, 5.74) is 5.39. The number of carbonyl (C=O) groups excluding carboxylic acids is 2. The van der Waals surface area contributed by atoms with Crippen LogP contribution in [0.15, 0.2) is 24.3 Å². The Hall–Kier alpha value is -5.14. The SMILES string of the molecule is COc1c(C)cc2c(c1O)[C@H]1NC(C2)[C@H](C#N)N2C1[C@@H]1SC[C@]3(NCCc4c3[nH]c3ccc(O)cc43)C(=O)OC[C@H]2c2c3c(c(C)c(OC(C)=O)c21)OCO3. The first kappa shape index (κ1) is 34.4. The van der Waals surface area contributed by atoms with Gasteiger partial charge in [0.15, 0.2) is 28.5 Å². The van der Waals surface area contributed by atoms with Gasteiger partial charge in [-0.1, -0.05) is 6.07 Å². The molecule has 0 saturated carbocycles. The second-order valence-corrected chi connectivity index (χ2v) is 16.3. The number of phenolic OH excluding ortho intramolecular Hbond substituents is 2. The van der Waals surface area contributed by atoms with Gasteiger partial charge in [-0.25, -0.2) is 4.79 Å². The molecule has 0 radical (unpaired) electrons. The van der Waals surface area contributed by atoms with Gasteiger partial charge in [-0.05, 0) is 61.6 Å². The van der Waals surface area contributed by atoms with Crippen molar-refractivity contribution in [2.45, 2.75) is 74.6 Å². The highest BCUT2D eigenvalue weighted by Crippen LogP contribution is 2.63. The summed E-state index contributed by atoms with van der Waals surface area (Å²) in [6, 6.07) is 6.94. The maximum absolute atomic E-state index is 14.8. The third-order valence-corrected chi connectivity index (χ3v) is 13.8. The van der Waals surface area contributed by atoms with E-state index in [1.165, 1.54) is 25.8 Å². The van der Waals surface area contributed by atoms with Gasteiger partial charge in [-0.15, -0.1) is 11.8 Å². The highest BCUT2D eigenvalue weighted by molar-refractivity contribution is 7.99. The predicted molar refractivity (Wildman–Crippen MR) is 199 cm³/mol. The zero-order valence-electron chi connectivity index (χ0n) is 30.6. The molecule has 4 aromatic rings. The Kier molecular flexibility index (Phi) is 7.61. The van der Waals surface area contributed by atoms with Crippen molar-refractivity contribution in [2.24, 2.45) is 0 Å². The van der Waals surface area contributed by atoms with Gasteiger partial charge >= 0.3 is 11.9 Å². The van der Waals surface area contributed by atoms with E-state index in [4.69, 9.17) is 23.7 Å². The number of phenols is 2. The second-order valence-electron chi connectivity index (χ2n) is 15.2. The van der Waals surface area contributed by atoms with Crippen LogP contribution in [0.2, 0.25) is 0 Å². The summed E-state index contributed by atoms with van der Waals surface area (Å²) in [5, 5.41) is 41.0. The number of methoxy groups -OCH3 is 1. The number of hydrogen-bond donors (Lipinski definition) is 5. The van der Waals surface area contributed by atoms with Crippen LogP contribution in [0.1, 0.15) is 68.9 Å². The molecule has 2 unspecified atom stereocenters. The number of carbonyl (C=O) groups is 2. The Bertz CT molecular complexity index is 2410. The minimum Gasteiger partial charge on any atom is -0.508 e. The van der Waals surface area contributed by atoms with E-state index in [-0.39, 0.29) is 36.7 Å². The molecule has 0 amide bonds. The number of hydrogen-bond acceptors (Lipinski definition) is 14. The Morgan fingerprint density at radius 2 is 1.93 bits per heavy atom. The van der Waals surface area contributed by atoms with Crippen LogP contribution in [-0.2, 0) is 32.7 Å². The molecule has 7 aliphatic heterocycles. The first-order chi connectivity index (χ1) is 26.6. The van der Waals surface area contributed by atoms with Gasteiger partial charge < -0.3 is 44.2 Å². The number of benzene rings is 3. The first-order valence-electron chi connectivity index (χ1n) is 18.4. The molecular weight excluding hydrogens is 727 g/mol. The number of aromatic hydroxyl groups is 2. The number of H-pyrrole nitrogens is 1. The fraction of sp³-hybridized carbons (Fsp3) is 0.425. The molecule has 2 saturated heterocycles. The number of nitrogens with one attached hydrogen (secondary N) is 3. The van der Waals surface area contributed by atoms with Crippen molar-refractivity contribution in [3.63, 3.8) is 0 Å². The topological polar surface area (TPSA) is 188 Å². The summed E-state index contributed by atoms with van der Waals surface area (Å²) in [6.07, 6.45) is 1.09. The normalized spacial score (nSPS) is 28.7. The highest BCUT2D eigenvalue weighted by Gasteiger charge is 2.60. The number of rotatable bonds is 2. The van der Waals surface area contributed by atoms with Crippen molar-refractivity contribution in [3.05, 3.63) is 68.9 Å². The number of fused-ring (bicyclic) bond motifs is 11. The third-order valence-electron chi connectivity index (χ3n) is 12.4. The van der Waals surface area contributed by atoms with Gasteiger partial charge in [0.25, 0.3) is 0 Å². The van der Waals surface area contributed by atoms with Crippen LogP contribution >= 0.6 is 11.8 Å². The molecule has 5 N–H and O–H groups in total. The molecule has 11 rings (SSSR count). The van der Waals surface area contributed by atoms with Crippen molar-refractivity contribution < 1.29 is 43.5 Å². The lowest BCUT2D eigenvalue weighted by Gasteiger charge is -2.59. The van der Waals surface area contributed by atoms with Gasteiger partial charge in [0.2, 0.25) is 6.79 Å². The molecule has 284 valence electrons. The molecule has 1 spiro atoms. The van der Waals surface area contributed by atoms with Gasteiger partial charge in [-0.2, -0.15) is 5.26 Å². The molecule has 15 heteroatoms. The van der Waals surface area contributed by atoms with Crippen LogP contribution in [0.4, 0.5) is 0 Å². The number of aromatic nitrogens is 1. The van der Waals surface area contributed by atoms with Crippen LogP contribution in [-0.4, -0.2) is 83.0 Å². The Labute approximate surface area is 320 Å². The fourth-order valence-corrected chi connectivity index (χ4v) is 11.9. The minimum absolute atomic E-state index is 0.0342. The van der Waals surface area contributed by atoms with Gasteiger partial charge in [0.1, 0.15) is 24.1 Å². The number of nitriles is 1. The Morgan fingerprint density at radius 3 is 2.71 bits per heavy atom. The molecule has 0 aliphatic carbocycles. The molecular formula is C40H39N5O9S. The van der Waals surface area contributed by atoms with Crippen molar-refractivity contribution in [2.75, 3.05) is 32.8 Å². The van der Waals surface area contributed by atoms with Gasteiger partial charge in [0.05, 0.1) is 36.2 Å². The maximum Gasteiger partial charge on any atom is 0.333 e. The summed E-state index contributed by atoms with van der Waals surface area (Å²) < 4.78 is 30.5. The second kappa shape index (κ2) is 12.2. The average molecular weight is 766 g/mol. The van der Waals surface area contributed by atoms with E-state index < -0.39 is 46.9 Å². The van der Waals surface area contributed by atoms with Gasteiger partial charge in [-0.3, -0.25) is 15.0 Å². The lowest BCUT2D eigenvalue weighted by atomic mass is 9.72. The van der Waals surface area contributed by atoms with E-state index in [1.54, 1.807) is 18.2 Å².